The molecule has 0 bridgehead atoms. The van der Waals surface area contributed by atoms with E-state index in [9.17, 15) is 24.0 Å². The second-order valence-electron chi connectivity index (χ2n) is 12.3. The Labute approximate surface area is 214 Å². The summed E-state index contributed by atoms with van der Waals surface area (Å²) in [7, 11) is 0. The first-order chi connectivity index (χ1) is 16.0. The first-order valence-electron chi connectivity index (χ1n) is 13.6. The predicted octanol–water partition coefficient (Wildman–Crippen LogP) is 6.84. The average Bonchev–Trinajstić information content (AvgIpc) is 2.72. The van der Waals surface area contributed by atoms with Crippen LogP contribution < -0.4 is 0 Å². The molecule has 5 nitrogen and oxygen atoms in total. The lowest BCUT2D eigenvalue weighted by Crippen LogP contribution is -2.33. The van der Waals surface area contributed by atoms with Gasteiger partial charge in [-0.2, -0.15) is 0 Å². The van der Waals surface area contributed by atoms with E-state index in [4.69, 9.17) is 0 Å². The molecule has 5 heteroatoms. The number of hydrogen-bond donors (Lipinski definition) is 0. The second kappa shape index (κ2) is 15.5. The third-order valence-corrected chi connectivity index (χ3v) is 7.12. The molecule has 4 unspecified atom stereocenters. The maximum Gasteiger partial charge on any atom is 0.141 e. The van der Waals surface area contributed by atoms with Crippen LogP contribution in [0.3, 0.4) is 0 Å². The van der Waals surface area contributed by atoms with Crippen molar-refractivity contribution in [2.75, 3.05) is 0 Å². The molecule has 0 aliphatic heterocycles. The summed E-state index contributed by atoms with van der Waals surface area (Å²) in [4.78, 5) is 64.1. The fourth-order valence-corrected chi connectivity index (χ4v) is 4.83. The Hall–Kier alpha value is -1.65. The number of rotatable bonds is 18. The lowest BCUT2D eigenvalue weighted by Gasteiger charge is -2.26. The van der Waals surface area contributed by atoms with Crippen LogP contribution >= 0.6 is 0 Å². The summed E-state index contributed by atoms with van der Waals surface area (Å²) in [6.45, 7) is 18.7. The van der Waals surface area contributed by atoms with Gasteiger partial charge in [0.25, 0.3) is 0 Å². The van der Waals surface area contributed by atoms with E-state index in [0.29, 0.717) is 6.42 Å². The van der Waals surface area contributed by atoms with Crippen molar-refractivity contribution in [3.8, 4) is 0 Å². The maximum atomic E-state index is 13.4. The number of hydrogen-bond acceptors (Lipinski definition) is 5. The van der Waals surface area contributed by atoms with Crippen LogP contribution in [0.5, 0.6) is 0 Å². The van der Waals surface area contributed by atoms with Crippen molar-refractivity contribution in [2.45, 2.75) is 121 Å². The molecule has 0 aliphatic carbocycles. The van der Waals surface area contributed by atoms with E-state index in [1.807, 2.05) is 48.5 Å². The molecule has 4 atom stereocenters. The Morgan fingerprint density at radius 1 is 0.657 bits per heavy atom. The Bertz CT molecular complexity index is 726. The van der Waals surface area contributed by atoms with Gasteiger partial charge in [-0.1, -0.05) is 81.6 Å². The minimum atomic E-state index is -0.511. The molecule has 0 saturated carbocycles. The third-order valence-electron chi connectivity index (χ3n) is 7.12. The average molecular weight is 493 g/mol. The van der Waals surface area contributed by atoms with Gasteiger partial charge in [-0.15, -0.1) is 0 Å². The standard InChI is InChI=1S/C30H52O5/c1-11-12-13-14-23(26(32)15-21(6)29(35)30(8,9)10)17-27(33)25(20(4)5)18-28(34)24(19(2)3)16-22(7)31/h19-21,23-25H,11-18H2,1-10H3. The molecule has 0 aromatic carbocycles. The Morgan fingerprint density at radius 2 is 1.14 bits per heavy atom. The zero-order chi connectivity index (χ0) is 27.5. The van der Waals surface area contributed by atoms with Crippen LogP contribution in [0.1, 0.15) is 121 Å². The van der Waals surface area contributed by atoms with E-state index in [2.05, 4.69) is 6.92 Å². The Balaban J connectivity index is 5.59. The summed E-state index contributed by atoms with van der Waals surface area (Å²) in [5, 5.41) is 0. The van der Waals surface area contributed by atoms with Crippen LogP contribution in [0.25, 0.3) is 0 Å². The van der Waals surface area contributed by atoms with Crippen molar-refractivity contribution in [3.63, 3.8) is 0 Å². The van der Waals surface area contributed by atoms with Crippen LogP contribution in [0.15, 0.2) is 0 Å². The lowest BCUT2D eigenvalue weighted by molar-refractivity contribution is -0.136. The Kier molecular flexibility index (Phi) is 14.7. The van der Waals surface area contributed by atoms with Crippen molar-refractivity contribution in [2.24, 2.45) is 40.9 Å². The molecule has 0 amide bonds. The van der Waals surface area contributed by atoms with Crippen molar-refractivity contribution in [3.05, 3.63) is 0 Å². The van der Waals surface area contributed by atoms with Crippen LogP contribution in [0, 0.1) is 40.9 Å². The smallest absolute Gasteiger partial charge is 0.141 e. The molecule has 0 fully saturated rings. The van der Waals surface area contributed by atoms with Crippen LogP contribution in [0.4, 0.5) is 0 Å². The molecule has 0 radical (unpaired) electrons. The van der Waals surface area contributed by atoms with E-state index in [0.717, 1.165) is 19.3 Å². The number of Topliss-reactive ketones (excluding diaryl/α,β-unsaturated/α-hetero) is 5. The molecular formula is C30H52O5. The molecule has 0 spiro atoms. The van der Waals surface area contributed by atoms with E-state index in [-0.39, 0.29) is 78.3 Å². The molecule has 0 rings (SSSR count). The summed E-state index contributed by atoms with van der Waals surface area (Å²) >= 11 is 0. The fraction of sp³-hybridized carbons (Fsp3) is 0.833. The van der Waals surface area contributed by atoms with Gasteiger partial charge in [0.1, 0.15) is 28.9 Å². The monoisotopic (exact) mass is 492 g/mol. The second-order valence-corrected chi connectivity index (χ2v) is 12.3. The quantitative estimate of drug-likeness (QED) is 0.196. The van der Waals surface area contributed by atoms with Gasteiger partial charge < -0.3 is 4.79 Å². The molecule has 202 valence electrons. The van der Waals surface area contributed by atoms with Gasteiger partial charge in [0, 0.05) is 54.8 Å². The number of carbonyl (C=O) groups excluding carboxylic acids is 5. The first kappa shape index (κ1) is 33.4. The molecule has 0 heterocycles. The van der Waals surface area contributed by atoms with Crippen molar-refractivity contribution < 1.29 is 24.0 Å². The van der Waals surface area contributed by atoms with Gasteiger partial charge in [-0.25, -0.2) is 0 Å². The van der Waals surface area contributed by atoms with E-state index in [1.54, 1.807) is 6.92 Å². The van der Waals surface area contributed by atoms with Gasteiger partial charge in [0.05, 0.1) is 0 Å². The zero-order valence-electron chi connectivity index (χ0n) is 24.2. The molecule has 0 saturated heterocycles. The van der Waals surface area contributed by atoms with E-state index in [1.165, 1.54) is 6.92 Å². The number of carbonyl (C=O) groups is 5. The van der Waals surface area contributed by atoms with Crippen LogP contribution in [-0.2, 0) is 24.0 Å². The van der Waals surface area contributed by atoms with Gasteiger partial charge in [-0.05, 0) is 25.2 Å². The zero-order valence-corrected chi connectivity index (χ0v) is 24.2. The van der Waals surface area contributed by atoms with Gasteiger partial charge in [-0.3, -0.25) is 19.2 Å². The third kappa shape index (κ3) is 12.2. The van der Waals surface area contributed by atoms with Crippen LogP contribution in [-0.4, -0.2) is 28.9 Å². The fourth-order valence-electron chi connectivity index (χ4n) is 4.83. The SMILES string of the molecule is CCCCCC(CC(=O)C(CC(=O)C(CC(C)=O)C(C)C)C(C)C)C(=O)CC(C)C(=O)C(C)(C)C. The molecule has 0 aromatic rings. The molecule has 0 aromatic heterocycles. The van der Waals surface area contributed by atoms with Gasteiger partial charge >= 0.3 is 0 Å². The van der Waals surface area contributed by atoms with Gasteiger partial charge in [0.15, 0.2) is 0 Å². The highest BCUT2D eigenvalue weighted by molar-refractivity contribution is 5.95. The maximum absolute atomic E-state index is 13.4. The summed E-state index contributed by atoms with van der Waals surface area (Å²) in [6, 6.07) is 0. The summed E-state index contributed by atoms with van der Waals surface area (Å²) in [5.41, 5.74) is -0.511. The highest BCUT2D eigenvalue weighted by Gasteiger charge is 2.34. The topological polar surface area (TPSA) is 85.3 Å². The minimum absolute atomic E-state index is 0.0231. The number of unbranched alkanes of at least 4 members (excludes halogenated alkanes) is 2. The molecule has 35 heavy (non-hydrogen) atoms. The Morgan fingerprint density at radius 3 is 1.57 bits per heavy atom. The summed E-state index contributed by atoms with van der Waals surface area (Å²) < 4.78 is 0. The highest BCUT2D eigenvalue weighted by atomic mass is 16.1. The molecule has 0 N–H and O–H groups in total. The largest absolute Gasteiger partial charge is 0.300 e. The predicted molar refractivity (Wildman–Crippen MR) is 142 cm³/mol. The first-order valence-corrected chi connectivity index (χ1v) is 13.6. The van der Waals surface area contributed by atoms with Crippen molar-refractivity contribution in [1.29, 1.82) is 0 Å². The lowest BCUT2D eigenvalue weighted by atomic mass is 9.76. The molecular weight excluding hydrogens is 440 g/mol. The number of ketones is 5. The van der Waals surface area contributed by atoms with Gasteiger partial charge in [0.2, 0.25) is 0 Å². The highest BCUT2D eigenvalue weighted by Crippen LogP contribution is 2.29. The van der Waals surface area contributed by atoms with Crippen molar-refractivity contribution >= 4 is 28.9 Å². The van der Waals surface area contributed by atoms with E-state index < -0.39 is 17.3 Å². The van der Waals surface area contributed by atoms with Crippen molar-refractivity contribution in [1.82, 2.24) is 0 Å². The van der Waals surface area contributed by atoms with Crippen LogP contribution in [0.2, 0.25) is 0 Å². The summed E-state index contributed by atoms with van der Waals surface area (Å²) in [5.74, 6) is -1.74. The summed E-state index contributed by atoms with van der Waals surface area (Å²) in [6.07, 6.45) is 4.08. The minimum Gasteiger partial charge on any atom is -0.300 e. The van der Waals surface area contributed by atoms with E-state index >= 15 is 0 Å². The molecule has 0 aliphatic rings. The normalized spacial score (nSPS) is 15.5.